The molecule has 1 saturated carbocycles. The Hall–Kier alpha value is -1.13. The summed E-state index contributed by atoms with van der Waals surface area (Å²) >= 11 is 0. The van der Waals surface area contributed by atoms with E-state index < -0.39 is 11.7 Å². The van der Waals surface area contributed by atoms with Gasteiger partial charge in [-0.15, -0.1) is 0 Å². The third kappa shape index (κ3) is 1.82. The molecule has 4 N–H and O–H groups in total. The maximum atomic E-state index is 10.2. The molecule has 2 rings (SSSR count). The Balaban J connectivity index is 2.27. The number of nitrogens with zero attached hydrogens (tertiary/aromatic N) is 1. The Kier molecular flexibility index (Phi) is 2.63. The zero-order valence-corrected chi connectivity index (χ0v) is 8.56. The van der Waals surface area contributed by atoms with Crippen LogP contribution in [0, 0.1) is 0 Å². The normalized spacial score (nSPS) is 21.5. The van der Waals surface area contributed by atoms with Crippen LogP contribution >= 0.6 is 0 Å². The molecule has 4 nitrogen and oxygen atoms in total. The number of anilines is 1. The summed E-state index contributed by atoms with van der Waals surface area (Å²) in [5, 5.41) is 20.3. The second-order valence-corrected chi connectivity index (χ2v) is 4.22. The maximum absolute atomic E-state index is 10.2. The summed E-state index contributed by atoms with van der Waals surface area (Å²) in [6, 6.07) is 1.64. The summed E-state index contributed by atoms with van der Waals surface area (Å²) < 4.78 is 0. The van der Waals surface area contributed by atoms with Crippen LogP contribution in [0.15, 0.2) is 18.5 Å². The van der Waals surface area contributed by atoms with Crippen molar-refractivity contribution >= 4 is 5.69 Å². The summed E-state index contributed by atoms with van der Waals surface area (Å²) in [6.07, 6.45) is 5.33. The largest absolute Gasteiger partial charge is 0.398 e. The van der Waals surface area contributed by atoms with Crippen molar-refractivity contribution in [2.24, 2.45) is 0 Å². The second-order valence-electron chi connectivity index (χ2n) is 4.22. The molecular weight excluding hydrogens is 192 g/mol. The van der Waals surface area contributed by atoms with Crippen molar-refractivity contribution in [2.45, 2.75) is 37.4 Å². The molecule has 0 radical (unpaired) electrons. The first kappa shape index (κ1) is 10.4. The Morgan fingerprint density at radius 3 is 2.67 bits per heavy atom. The lowest BCUT2D eigenvalue weighted by Gasteiger charge is -2.29. The lowest BCUT2D eigenvalue weighted by Crippen LogP contribution is -2.33. The molecule has 0 saturated heterocycles. The van der Waals surface area contributed by atoms with E-state index in [1.807, 2.05) is 0 Å². The highest BCUT2D eigenvalue weighted by Gasteiger charge is 2.40. The molecule has 1 atom stereocenters. The van der Waals surface area contributed by atoms with Crippen molar-refractivity contribution < 1.29 is 10.2 Å². The van der Waals surface area contributed by atoms with Crippen LogP contribution < -0.4 is 5.73 Å². The molecule has 1 aliphatic carbocycles. The SMILES string of the molecule is Nc1ccncc1C(O)C1(O)CCCC1. The number of aromatic nitrogens is 1. The van der Waals surface area contributed by atoms with Gasteiger partial charge in [-0.1, -0.05) is 12.8 Å². The number of aliphatic hydroxyl groups is 2. The molecule has 82 valence electrons. The zero-order chi connectivity index (χ0) is 10.9. The molecule has 15 heavy (non-hydrogen) atoms. The molecule has 0 amide bonds. The van der Waals surface area contributed by atoms with Gasteiger partial charge in [0.2, 0.25) is 0 Å². The van der Waals surface area contributed by atoms with Crippen molar-refractivity contribution in [2.75, 3.05) is 5.73 Å². The molecule has 1 aromatic heterocycles. The highest BCUT2D eigenvalue weighted by Crippen LogP contribution is 2.40. The molecule has 1 heterocycles. The van der Waals surface area contributed by atoms with E-state index in [1.54, 1.807) is 12.3 Å². The Labute approximate surface area is 88.8 Å². The van der Waals surface area contributed by atoms with E-state index in [1.165, 1.54) is 6.20 Å². The Bertz CT molecular complexity index is 348. The van der Waals surface area contributed by atoms with E-state index in [9.17, 15) is 10.2 Å². The van der Waals surface area contributed by atoms with Gasteiger partial charge in [0.05, 0.1) is 5.60 Å². The third-order valence-electron chi connectivity index (χ3n) is 3.16. The molecule has 1 unspecified atom stereocenters. The van der Waals surface area contributed by atoms with Crippen molar-refractivity contribution in [3.05, 3.63) is 24.0 Å². The summed E-state index contributed by atoms with van der Waals surface area (Å²) in [5.41, 5.74) is 5.73. The second kappa shape index (κ2) is 3.79. The van der Waals surface area contributed by atoms with Crippen LogP contribution in [-0.4, -0.2) is 20.8 Å². The number of hydrogen-bond acceptors (Lipinski definition) is 4. The van der Waals surface area contributed by atoms with Crippen LogP contribution in [0.4, 0.5) is 5.69 Å². The van der Waals surface area contributed by atoms with Gasteiger partial charge in [-0.05, 0) is 18.9 Å². The van der Waals surface area contributed by atoms with Crippen LogP contribution in [0.25, 0.3) is 0 Å². The van der Waals surface area contributed by atoms with Gasteiger partial charge in [-0.25, -0.2) is 0 Å². The van der Waals surface area contributed by atoms with Crippen LogP contribution in [0.5, 0.6) is 0 Å². The van der Waals surface area contributed by atoms with E-state index >= 15 is 0 Å². The summed E-state index contributed by atoms with van der Waals surface area (Å²) in [7, 11) is 0. The summed E-state index contributed by atoms with van der Waals surface area (Å²) in [4.78, 5) is 3.92. The molecule has 4 heteroatoms. The van der Waals surface area contributed by atoms with Crippen LogP contribution in [-0.2, 0) is 0 Å². The number of aliphatic hydroxyl groups excluding tert-OH is 1. The molecule has 0 aliphatic heterocycles. The van der Waals surface area contributed by atoms with Crippen LogP contribution in [0.2, 0.25) is 0 Å². The highest BCUT2D eigenvalue weighted by atomic mass is 16.3. The number of rotatable bonds is 2. The third-order valence-corrected chi connectivity index (χ3v) is 3.16. The van der Waals surface area contributed by atoms with Gasteiger partial charge < -0.3 is 15.9 Å². The van der Waals surface area contributed by atoms with E-state index in [0.29, 0.717) is 24.1 Å². The predicted octanol–water partition coefficient (Wildman–Crippen LogP) is 1.00. The first-order chi connectivity index (χ1) is 7.13. The van der Waals surface area contributed by atoms with Gasteiger partial charge in [0.1, 0.15) is 6.10 Å². The first-order valence-electron chi connectivity index (χ1n) is 5.23. The minimum Gasteiger partial charge on any atom is -0.398 e. The van der Waals surface area contributed by atoms with Gasteiger partial charge in [-0.3, -0.25) is 4.98 Å². The lowest BCUT2D eigenvalue weighted by atomic mass is 9.90. The zero-order valence-electron chi connectivity index (χ0n) is 8.56. The van der Waals surface area contributed by atoms with Crippen molar-refractivity contribution in [1.82, 2.24) is 4.98 Å². The smallest absolute Gasteiger partial charge is 0.111 e. The molecule has 0 spiro atoms. The molecule has 1 fully saturated rings. The van der Waals surface area contributed by atoms with Gasteiger partial charge >= 0.3 is 0 Å². The Morgan fingerprint density at radius 1 is 1.40 bits per heavy atom. The standard InChI is InChI=1S/C11H16N2O2/c12-9-3-6-13-7-8(9)10(14)11(15)4-1-2-5-11/h3,6-7,10,14-15H,1-2,4-5H2,(H2,12,13). The fourth-order valence-electron chi connectivity index (χ4n) is 2.20. The quantitative estimate of drug-likeness (QED) is 0.677. The van der Waals surface area contributed by atoms with Gasteiger partial charge in [0, 0.05) is 23.6 Å². The van der Waals surface area contributed by atoms with E-state index in [-0.39, 0.29) is 0 Å². The van der Waals surface area contributed by atoms with Crippen molar-refractivity contribution in [3.8, 4) is 0 Å². The molecule has 0 aromatic carbocycles. The number of hydrogen-bond donors (Lipinski definition) is 3. The van der Waals surface area contributed by atoms with Crippen molar-refractivity contribution in [1.29, 1.82) is 0 Å². The minimum atomic E-state index is -1.02. The first-order valence-corrected chi connectivity index (χ1v) is 5.23. The van der Waals surface area contributed by atoms with E-state index in [4.69, 9.17) is 5.73 Å². The average Bonchev–Trinajstić information content (AvgIpc) is 2.66. The monoisotopic (exact) mass is 208 g/mol. The number of nitrogen functional groups attached to an aromatic ring is 1. The maximum Gasteiger partial charge on any atom is 0.111 e. The topological polar surface area (TPSA) is 79.4 Å². The highest BCUT2D eigenvalue weighted by molar-refractivity contribution is 5.46. The Morgan fingerprint density at radius 2 is 2.07 bits per heavy atom. The number of pyridine rings is 1. The van der Waals surface area contributed by atoms with E-state index in [0.717, 1.165) is 12.8 Å². The molecular formula is C11H16N2O2. The molecule has 1 aromatic rings. The summed E-state index contributed by atoms with van der Waals surface area (Å²) in [5.74, 6) is 0. The average molecular weight is 208 g/mol. The van der Waals surface area contributed by atoms with Crippen LogP contribution in [0.1, 0.15) is 37.4 Å². The van der Waals surface area contributed by atoms with Crippen LogP contribution in [0.3, 0.4) is 0 Å². The number of nitrogens with two attached hydrogens (primary N) is 1. The van der Waals surface area contributed by atoms with Gasteiger partial charge in [0.25, 0.3) is 0 Å². The predicted molar refractivity (Wildman–Crippen MR) is 57.0 cm³/mol. The van der Waals surface area contributed by atoms with Gasteiger partial charge in [0.15, 0.2) is 0 Å². The fourth-order valence-corrected chi connectivity index (χ4v) is 2.20. The van der Waals surface area contributed by atoms with Gasteiger partial charge in [-0.2, -0.15) is 0 Å². The minimum absolute atomic E-state index is 0.484. The molecule has 0 bridgehead atoms. The summed E-state index contributed by atoms with van der Waals surface area (Å²) in [6.45, 7) is 0. The van der Waals surface area contributed by atoms with Crippen molar-refractivity contribution in [3.63, 3.8) is 0 Å². The van der Waals surface area contributed by atoms with E-state index in [2.05, 4.69) is 4.98 Å². The lowest BCUT2D eigenvalue weighted by molar-refractivity contribution is -0.0717. The fraction of sp³-hybridized carbons (Fsp3) is 0.545. The molecule has 1 aliphatic rings.